The number of nitro groups is 1. The summed E-state index contributed by atoms with van der Waals surface area (Å²) in [5, 5.41) is 23.3. The molecule has 0 aromatic heterocycles. The monoisotopic (exact) mass is 447 g/mol. The van der Waals surface area contributed by atoms with Crippen molar-refractivity contribution in [3.8, 4) is 11.8 Å². The molecule has 0 aliphatic rings. The van der Waals surface area contributed by atoms with Crippen LogP contribution in [-0.4, -0.2) is 17.4 Å². The topological polar surface area (TPSA) is 105 Å². The number of halogens is 1. The maximum absolute atomic E-state index is 12.1. The van der Waals surface area contributed by atoms with Gasteiger partial charge in [-0.1, -0.05) is 29.8 Å². The highest BCUT2D eigenvalue weighted by molar-refractivity contribution is 6.32. The maximum atomic E-state index is 12.1. The van der Waals surface area contributed by atoms with Crippen molar-refractivity contribution in [3.05, 3.63) is 98.6 Å². The van der Waals surface area contributed by atoms with Gasteiger partial charge >= 0.3 is 0 Å². The van der Waals surface area contributed by atoms with E-state index in [9.17, 15) is 20.2 Å². The van der Waals surface area contributed by atoms with Gasteiger partial charge in [-0.3, -0.25) is 14.9 Å². The second-order valence-electron chi connectivity index (χ2n) is 6.87. The number of nitro benzene ring substituents is 1. The van der Waals surface area contributed by atoms with Crippen LogP contribution in [-0.2, 0) is 4.79 Å². The number of rotatable bonds is 7. The molecule has 3 aromatic rings. The Balaban J connectivity index is 1.67. The molecule has 0 heterocycles. The van der Waals surface area contributed by atoms with E-state index in [1.54, 1.807) is 30.3 Å². The van der Waals surface area contributed by atoms with Crippen molar-refractivity contribution in [3.63, 3.8) is 0 Å². The third kappa shape index (κ3) is 5.94. The summed E-state index contributed by atoms with van der Waals surface area (Å²) in [7, 11) is 0. The summed E-state index contributed by atoms with van der Waals surface area (Å²) >= 11 is 6.28. The Kier molecular flexibility index (Phi) is 7.21. The maximum Gasteiger partial charge on any atom is 0.269 e. The van der Waals surface area contributed by atoms with Crippen LogP contribution in [0.25, 0.3) is 11.6 Å². The summed E-state index contributed by atoms with van der Waals surface area (Å²) in [6, 6.07) is 20.1. The summed E-state index contributed by atoms with van der Waals surface area (Å²) in [5.41, 5.74) is 3.16. The van der Waals surface area contributed by atoms with Crippen LogP contribution in [0.15, 0.2) is 66.7 Å². The number of allylic oxidation sites excluding steroid dienone is 1. The molecular weight excluding hydrogens is 430 g/mol. The zero-order valence-corrected chi connectivity index (χ0v) is 17.8. The molecule has 0 saturated carbocycles. The first kappa shape index (κ1) is 22.5. The van der Waals surface area contributed by atoms with Gasteiger partial charge < -0.3 is 10.1 Å². The number of non-ortho nitro benzene ring substituents is 1. The molecule has 0 saturated heterocycles. The van der Waals surface area contributed by atoms with Gasteiger partial charge in [-0.2, -0.15) is 5.26 Å². The Morgan fingerprint density at radius 1 is 1.19 bits per heavy atom. The number of aryl methyl sites for hydroxylation is 1. The van der Waals surface area contributed by atoms with E-state index in [1.807, 2.05) is 25.1 Å². The van der Waals surface area contributed by atoms with Gasteiger partial charge in [-0.05, 0) is 66.1 Å². The first-order valence-corrected chi connectivity index (χ1v) is 9.89. The van der Waals surface area contributed by atoms with Crippen LogP contribution in [0.5, 0.6) is 5.75 Å². The Morgan fingerprint density at radius 3 is 2.56 bits per heavy atom. The fraction of sp³-hybridized carbons (Fsp3) is 0.0833. The van der Waals surface area contributed by atoms with Crippen molar-refractivity contribution in [2.75, 3.05) is 11.9 Å². The van der Waals surface area contributed by atoms with Crippen LogP contribution >= 0.6 is 11.6 Å². The fourth-order valence-electron chi connectivity index (χ4n) is 2.90. The molecule has 8 heteroatoms. The molecule has 1 N–H and O–H groups in total. The van der Waals surface area contributed by atoms with Crippen molar-refractivity contribution >= 4 is 40.5 Å². The second-order valence-corrected chi connectivity index (χ2v) is 7.28. The lowest BCUT2D eigenvalue weighted by Crippen LogP contribution is -2.20. The van der Waals surface area contributed by atoms with Gasteiger partial charge in [-0.15, -0.1) is 0 Å². The molecular formula is C24H18ClN3O4. The highest BCUT2D eigenvalue weighted by Gasteiger charge is 2.10. The molecule has 0 spiro atoms. The number of amides is 1. The number of hydrogen-bond acceptors (Lipinski definition) is 5. The Morgan fingerprint density at radius 2 is 1.94 bits per heavy atom. The van der Waals surface area contributed by atoms with E-state index in [2.05, 4.69) is 11.4 Å². The van der Waals surface area contributed by atoms with Gasteiger partial charge in [0, 0.05) is 17.8 Å². The molecule has 1 amide bonds. The lowest BCUT2D eigenvalue weighted by Gasteiger charge is -2.10. The molecule has 160 valence electrons. The van der Waals surface area contributed by atoms with Crippen LogP contribution in [0.3, 0.4) is 0 Å². The van der Waals surface area contributed by atoms with Crippen LogP contribution in [0, 0.1) is 28.4 Å². The van der Waals surface area contributed by atoms with Crippen molar-refractivity contribution in [1.82, 2.24) is 0 Å². The number of ether oxygens (including phenoxy) is 1. The largest absolute Gasteiger partial charge is 0.482 e. The minimum atomic E-state index is -0.501. The van der Waals surface area contributed by atoms with Gasteiger partial charge in [0.2, 0.25) is 0 Å². The quantitative estimate of drug-likeness (QED) is 0.218. The number of nitrogens with zero attached hydrogens (tertiary/aromatic N) is 2. The fourth-order valence-corrected chi connectivity index (χ4v) is 3.14. The van der Waals surface area contributed by atoms with Crippen molar-refractivity contribution in [2.24, 2.45) is 0 Å². The number of carbonyl (C=O) groups is 1. The third-order valence-corrected chi connectivity index (χ3v) is 4.73. The van der Waals surface area contributed by atoms with E-state index in [-0.39, 0.29) is 23.2 Å². The summed E-state index contributed by atoms with van der Waals surface area (Å²) in [6.07, 6.45) is 1.61. The molecule has 7 nitrogen and oxygen atoms in total. The van der Waals surface area contributed by atoms with E-state index in [4.69, 9.17) is 16.3 Å². The number of benzene rings is 3. The number of hydrogen-bond donors (Lipinski definition) is 1. The Labute approximate surface area is 189 Å². The smallest absolute Gasteiger partial charge is 0.269 e. The molecule has 0 bridgehead atoms. The zero-order chi connectivity index (χ0) is 23.1. The lowest BCUT2D eigenvalue weighted by atomic mass is 10.0. The number of anilines is 1. The summed E-state index contributed by atoms with van der Waals surface area (Å²) in [6.45, 7) is 1.72. The van der Waals surface area contributed by atoms with Gasteiger partial charge in [0.05, 0.1) is 21.6 Å². The first-order chi connectivity index (χ1) is 15.4. The van der Waals surface area contributed by atoms with E-state index < -0.39 is 4.92 Å². The second kappa shape index (κ2) is 10.2. The molecule has 3 aromatic carbocycles. The number of nitrogens with one attached hydrogen (secondary N) is 1. The van der Waals surface area contributed by atoms with E-state index in [0.29, 0.717) is 28.1 Å². The molecule has 0 unspecified atom stereocenters. The standard InChI is InChI=1S/C24H18ClN3O4/c1-16-3-2-4-20(11-16)27-24(29)15-32-23-10-5-17(13-22(23)25)12-19(14-26)18-6-8-21(9-7-18)28(30)31/h2-13H,15H2,1H3,(H,27,29)/b19-12+. The first-order valence-electron chi connectivity index (χ1n) is 9.51. The molecule has 0 aliphatic carbocycles. The van der Waals surface area contributed by atoms with Crippen molar-refractivity contribution < 1.29 is 14.5 Å². The van der Waals surface area contributed by atoms with Gasteiger partial charge in [0.1, 0.15) is 5.75 Å². The molecule has 0 fully saturated rings. The van der Waals surface area contributed by atoms with Gasteiger partial charge in [-0.25, -0.2) is 0 Å². The van der Waals surface area contributed by atoms with E-state index in [0.717, 1.165) is 5.56 Å². The average molecular weight is 448 g/mol. The molecule has 0 radical (unpaired) electrons. The van der Waals surface area contributed by atoms with E-state index in [1.165, 1.54) is 24.3 Å². The molecule has 3 rings (SSSR count). The van der Waals surface area contributed by atoms with Crippen LogP contribution < -0.4 is 10.1 Å². The number of nitriles is 1. The summed E-state index contributed by atoms with van der Waals surface area (Å²) in [4.78, 5) is 22.4. The average Bonchev–Trinajstić information content (AvgIpc) is 2.77. The van der Waals surface area contributed by atoms with Crippen molar-refractivity contribution in [1.29, 1.82) is 5.26 Å². The summed E-state index contributed by atoms with van der Waals surface area (Å²) in [5.74, 6) is 0.0117. The highest BCUT2D eigenvalue weighted by Crippen LogP contribution is 2.28. The zero-order valence-electron chi connectivity index (χ0n) is 17.0. The van der Waals surface area contributed by atoms with E-state index >= 15 is 0 Å². The highest BCUT2D eigenvalue weighted by atomic mass is 35.5. The van der Waals surface area contributed by atoms with Crippen LogP contribution in [0.2, 0.25) is 5.02 Å². The van der Waals surface area contributed by atoms with Crippen LogP contribution in [0.1, 0.15) is 16.7 Å². The molecule has 0 atom stereocenters. The minimum absolute atomic E-state index is 0.0537. The minimum Gasteiger partial charge on any atom is -0.482 e. The summed E-state index contributed by atoms with van der Waals surface area (Å²) < 4.78 is 5.51. The predicted octanol–water partition coefficient (Wildman–Crippen LogP) is 5.64. The predicted molar refractivity (Wildman–Crippen MR) is 123 cm³/mol. The molecule has 32 heavy (non-hydrogen) atoms. The lowest BCUT2D eigenvalue weighted by molar-refractivity contribution is -0.384. The normalized spacial score (nSPS) is 10.8. The van der Waals surface area contributed by atoms with Gasteiger partial charge in [0.25, 0.3) is 11.6 Å². The molecule has 0 aliphatic heterocycles. The van der Waals surface area contributed by atoms with Crippen LogP contribution in [0.4, 0.5) is 11.4 Å². The Bertz CT molecular complexity index is 1230. The third-order valence-electron chi connectivity index (χ3n) is 4.44. The number of carbonyl (C=O) groups excluding carboxylic acids is 1. The Hall–Kier alpha value is -4.15. The van der Waals surface area contributed by atoms with Gasteiger partial charge in [0.15, 0.2) is 6.61 Å². The SMILES string of the molecule is Cc1cccc(NC(=O)COc2ccc(/C=C(\C#N)c3ccc([N+](=O)[O-])cc3)cc2Cl)c1. The van der Waals surface area contributed by atoms with Crippen molar-refractivity contribution in [2.45, 2.75) is 6.92 Å².